The standard InChI is InChI=1S/C42H83N2O6P/c1-6-8-10-12-14-16-18-19-20-21-22-23-24-26-27-29-31-33-35-41(45)40(39-50-51(47,48)49-38-37-44(3,4)5)43-42(46)36-34-32-30-28-25-17-15-13-11-9-7-2/h13,15,33,35,40-41,45H,6-12,14,16-32,34,36-39H2,1-5H3,(H-,43,46,47,48)/b15-13-,35-33+. The smallest absolute Gasteiger partial charge is 0.268 e. The van der Waals surface area contributed by atoms with Crippen molar-refractivity contribution in [2.75, 3.05) is 40.9 Å². The number of phosphoric acid groups is 1. The molecular formula is C42H83N2O6P. The highest BCUT2D eigenvalue weighted by Crippen LogP contribution is 2.38. The van der Waals surface area contributed by atoms with E-state index < -0.39 is 20.0 Å². The molecule has 0 saturated carbocycles. The molecule has 0 radical (unpaired) electrons. The fraction of sp³-hybridized carbons (Fsp3) is 0.881. The zero-order valence-electron chi connectivity index (χ0n) is 34.1. The van der Waals surface area contributed by atoms with Gasteiger partial charge in [-0.15, -0.1) is 0 Å². The van der Waals surface area contributed by atoms with Crippen molar-refractivity contribution in [3.63, 3.8) is 0 Å². The van der Waals surface area contributed by atoms with Crippen molar-refractivity contribution >= 4 is 13.7 Å². The first-order valence-electron chi connectivity index (χ1n) is 21.2. The Hall–Kier alpha value is -1.02. The van der Waals surface area contributed by atoms with Gasteiger partial charge in [-0.05, 0) is 38.5 Å². The first-order valence-corrected chi connectivity index (χ1v) is 22.7. The van der Waals surface area contributed by atoms with Gasteiger partial charge in [-0.3, -0.25) is 9.36 Å². The number of carbonyl (C=O) groups is 1. The largest absolute Gasteiger partial charge is 0.756 e. The molecule has 3 atom stereocenters. The van der Waals surface area contributed by atoms with Crippen molar-refractivity contribution in [2.24, 2.45) is 0 Å². The number of quaternary nitrogens is 1. The predicted octanol–water partition coefficient (Wildman–Crippen LogP) is 10.7. The monoisotopic (exact) mass is 743 g/mol. The molecule has 2 N–H and O–H groups in total. The highest BCUT2D eigenvalue weighted by atomic mass is 31.2. The summed E-state index contributed by atoms with van der Waals surface area (Å²) >= 11 is 0. The number of carbonyl (C=O) groups excluding carboxylic acids is 1. The molecule has 0 aromatic rings. The third-order valence-electron chi connectivity index (χ3n) is 9.41. The minimum atomic E-state index is -4.58. The van der Waals surface area contributed by atoms with Crippen LogP contribution >= 0.6 is 7.82 Å². The van der Waals surface area contributed by atoms with E-state index in [1.165, 1.54) is 103 Å². The maximum atomic E-state index is 12.8. The van der Waals surface area contributed by atoms with Crippen molar-refractivity contribution in [3.8, 4) is 0 Å². The van der Waals surface area contributed by atoms with Crippen molar-refractivity contribution in [3.05, 3.63) is 24.3 Å². The van der Waals surface area contributed by atoms with E-state index in [1.54, 1.807) is 6.08 Å². The molecule has 0 spiro atoms. The summed E-state index contributed by atoms with van der Waals surface area (Å²) in [6.45, 7) is 4.59. The van der Waals surface area contributed by atoms with Crippen molar-refractivity contribution in [2.45, 2.75) is 199 Å². The number of nitrogens with one attached hydrogen (secondary N) is 1. The van der Waals surface area contributed by atoms with E-state index in [0.29, 0.717) is 17.4 Å². The molecule has 0 saturated heterocycles. The Kier molecular flexibility index (Phi) is 34.0. The van der Waals surface area contributed by atoms with Gasteiger partial charge in [-0.25, -0.2) is 0 Å². The summed E-state index contributed by atoms with van der Waals surface area (Å²) < 4.78 is 23.1. The molecule has 9 heteroatoms. The van der Waals surface area contributed by atoms with Gasteiger partial charge in [0.05, 0.1) is 39.9 Å². The molecule has 0 rings (SSSR count). The number of likely N-dealkylation sites (N-methyl/N-ethyl adjacent to an activating group) is 1. The second-order valence-corrected chi connectivity index (χ2v) is 17.1. The van der Waals surface area contributed by atoms with Gasteiger partial charge < -0.3 is 28.8 Å². The average molecular weight is 743 g/mol. The maximum absolute atomic E-state index is 12.8. The van der Waals surface area contributed by atoms with Crippen LogP contribution in [0.1, 0.15) is 187 Å². The number of nitrogens with zero attached hydrogens (tertiary/aromatic N) is 1. The van der Waals surface area contributed by atoms with E-state index in [9.17, 15) is 19.4 Å². The van der Waals surface area contributed by atoms with Crippen LogP contribution in [0.2, 0.25) is 0 Å². The first-order chi connectivity index (χ1) is 24.5. The minimum Gasteiger partial charge on any atom is -0.756 e. The lowest BCUT2D eigenvalue weighted by atomic mass is 10.0. The Bertz CT molecular complexity index is 891. The summed E-state index contributed by atoms with van der Waals surface area (Å²) in [5.41, 5.74) is 0. The molecule has 8 nitrogen and oxygen atoms in total. The lowest BCUT2D eigenvalue weighted by Gasteiger charge is -2.29. The number of aliphatic hydroxyl groups is 1. The molecule has 1 amide bonds. The van der Waals surface area contributed by atoms with Gasteiger partial charge in [0, 0.05) is 6.42 Å². The van der Waals surface area contributed by atoms with Gasteiger partial charge in [0.15, 0.2) is 0 Å². The lowest BCUT2D eigenvalue weighted by molar-refractivity contribution is -0.870. The molecule has 0 aliphatic rings. The summed E-state index contributed by atoms with van der Waals surface area (Å²) in [4.78, 5) is 25.2. The van der Waals surface area contributed by atoms with Crippen LogP contribution in [0.4, 0.5) is 0 Å². The number of hydrogen-bond acceptors (Lipinski definition) is 6. The summed E-state index contributed by atoms with van der Waals surface area (Å²) in [5, 5.41) is 13.7. The van der Waals surface area contributed by atoms with E-state index in [1.807, 2.05) is 27.2 Å². The van der Waals surface area contributed by atoms with E-state index in [2.05, 4.69) is 31.3 Å². The van der Waals surface area contributed by atoms with Gasteiger partial charge in [0.2, 0.25) is 5.91 Å². The number of rotatable bonds is 38. The second kappa shape index (κ2) is 34.7. The number of allylic oxidation sites excluding steroid dienone is 3. The number of amides is 1. The topological polar surface area (TPSA) is 108 Å². The molecule has 0 aromatic carbocycles. The van der Waals surface area contributed by atoms with Crippen LogP contribution < -0.4 is 10.2 Å². The number of hydrogen-bond donors (Lipinski definition) is 2. The zero-order valence-corrected chi connectivity index (χ0v) is 35.0. The van der Waals surface area contributed by atoms with Gasteiger partial charge in [-0.1, -0.05) is 167 Å². The van der Waals surface area contributed by atoms with Crippen LogP contribution in [0.25, 0.3) is 0 Å². The van der Waals surface area contributed by atoms with Crippen molar-refractivity contribution < 1.29 is 32.9 Å². The second-order valence-electron chi connectivity index (χ2n) is 15.7. The van der Waals surface area contributed by atoms with E-state index >= 15 is 0 Å². The minimum absolute atomic E-state index is 0.00177. The fourth-order valence-corrected chi connectivity index (χ4v) is 6.68. The molecule has 0 fully saturated rings. The van der Waals surface area contributed by atoms with Crippen LogP contribution in [0.5, 0.6) is 0 Å². The Balaban J connectivity index is 4.43. The number of unbranched alkanes of at least 4 members (excludes halogenated alkanes) is 23. The summed E-state index contributed by atoms with van der Waals surface area (Å²) in [5.74, 6) is -0.209. The van der Waals surface area contributed by atoms with Crippen LogP contribution in [0.15, 0.2) is 24.3 Å². The molecule has 0 aliphatic carbocycles. The van der Waals surface area contributed by atoms with Crippen LogP contribution in [-0.4, -0.2) is 68.5 Å². The van der Waals surface area contributed by atoms with Gasteiger partial charge in [-0.2, -0.15) is 0 Å². The quantitative estimate of drug-likeness (QED) is 0.0282. The summed E-state index contributed by atoms with van der Waals surface area (Å²) in [6, 6.07) is -0.886. The fourth-order valence-electron chi connectivity index (χ4n) is 5.96. The normalized spacial score (nSPS) is 14.7. The van der Waals surface area contributed by atoms with Crippen LogP contribution in [0.3, 0.4) is 0 Å². The number of phosphoric ester groups is 1. The Morgan fingerprint density at radius 3 is 1.59 bits per heavy atom. The van der Waals surface area contributed by atoms with E-state index in [4.69, 9.17) is 9.05 Å². The van der Waals surface area contributed by atoms with Gasteiger partial charge >= 0.3 is 0 Å². The summed E-state index contributed by atoms with van der Waals surface area (Å²) in [7, 11) is 1.26. The third kappa shape index (κ3) is 37.1. The first kappa shape index (κ1) is 50.0. The SMILES string of the molecule is CCCC/C=C\CCCCCCCC(=O)NC(COP(=O)([O-])OCC[N+](C)(C)C)C(O)/C=C/CCCCCCCCCCCCCCCCCC. The van der Waals surface area contributed by atoms with Gasteiger partial charge in [0.25, 0.3) is 7.82 Å². The van der Waals surface area contributed by atoms with Crippen molar-refractivity contribution in [1.29, 1.82) is 0 Å². The Morgan fingerprint density at radius 2 is 1.10 bits per heavy atom. The van der Waals surface area contributed by atoms with Gasteiger partial charge in [0.1, 0.15) is 13.2 Å². The average Bonchev–Trinajstić information content (AvgIpc) is 3.07. The number of aliphatic hydroxyl groups excluding tert-OH is 1. The Morgan fingerprint density at radius 1 is 0.667 bits per heavy atom. The van der Waals surface area contributed by atoms with Crippen LogP contribution in [-0.2, 0) is 18.4 Å². The molecule has 3 unspecified atom stereocenters. The van der Waals surface area contributed by atoms with Crippen molar-refractivity contribution in [1.82, 2.24) is 5.32 Å². The lowest BCUT2D eigenvalue weighted by Crippen LogP contribution is -2.45. The predicted molar refractivity (Wildman–Crippen MR) is 215 cm³/mol. The molecular weight excluding hydrogens is 659 g/mol. The molecule has 0 aliphatic heterocycles. The highest BCUT2D eigenvalue weighted by molar-refractivity contribution is 7.45. The van der Waals surface area contributed by atoms with E-state index in [-0.39, 0.29) is 19.1 Å². The third-order valence-corrected chi connectivity index (χ3v) is 10.4. The highest BCUT2D eigenvalue weighted by Gasteiger charge is 2.23. The molecule has 0 heterocycles. The molecule has 302 valence electrons. The summed E-state index contributed by atoms with van der Waals surface area (Å²) in [6.07, 6.45) is 39.3. The molecule has 0 aromatic heterocycles. The molecule has 51 heavy (non-hydrogen) atoms. The zero-order chi connectivity index (χ0) is 37.9. The van der Waals surface area contributed by atoms with E-state index in [0.717, 1.165) is 64.2 Å². The van der Waals surface area contributed by atoms with Crippen LogP contribution in [0, 0.1) is 0 Å². The maximum Gasteiger partial charge on any atom is 0.268 e. The Labute approximate surface area is 315 Å². The molecule has 0 bridgehead atoms.